The van der Waals surface area contributed by atoms with Crippen molar-refractivity contribution in [2.75, 3.05) is 13.2 Å². The third kappa shape index (κ3) is 4.65. The van der Waals surface area contributed by atoms with Crippen LogP contribution >= 0.6 is 7.82 Å². The minimum Gasteiger partial charge on any atom is -0.462 e. The highest BCUT2D eigenvalue weighted by Crippen LogP contribution is 2.60. The summed E-state index contributed by atoms with van der Waals surface area (Å²) >= 11 is 0. The van der Waals surface area contributed by atoms with Crippen molar-refractivity contribution in [1.29, 1.82) is 5.26 Å². The maximum absolute atomic E-state index is 13.1. The van der Waals surface area contributed by atoms with Crippen molar-refractivity contribution in [1.82, 2.24) is 4.90 Å². The van der Waals surface area contributed by atoms with Crippen LogP contribution in [0.2, 0.25) is 0 Å². The van der Waals surface area contributed by atoms with Crippen LogP contribution in [0.4, 0.5) is 0 Å². The van der Waals surface area contributed by atoms with Gasteiger partial charge in [-0.3, -0.25) is 32.9 Å². The molecule has 3 aliphatic rings. The lowest BCUT2D eigenvalue weighted by Crippen LogP contribution is -2.49. The summed E-state index contributed by atoms with van der Waals surface area (Å²) in [6.07, 6.45) is -1.08. The number of ether oxygens (including phenoxy) is 2. The van der Waals surface area contributed by atoms with Crippen LogP contribution in [0.25, 0.3) is 0 Å². The molecule has 0 spiro atoms. The van der Waals surface area contributed by atoms with Crippen molar-refractivity contribution in [2.45, 2.75) is 65.6 Å². The largest absolute Gasteiger partial charge is 0.475 e. The molecule has 0 radical (unpaired) electrons. The van der Waals surface area contributed by atoms with Gasteiger partial charge in [-0.2, -0.15) is 5.26 Å². The van der Waals surface area contributed by atoms with Crippen LogP contribution in [-0.4, -0.2) is 60.3 Å². The number of carbonyl (C=O) groups excluding carboxylic acids is 3. The molecule has 3 heterocycles. The predicted molar refractivity (Wildman–Crippen MR) is 107 cm³/mol. The maximum atomic E-state index is 13.1. The molecule has 0 aromatic heterocycles. The second-order valence-electron chi connectivity index (χ2n) is 9.06. The number of phosphoric acid groups is 1. The number of ketones is 1. The standard InChI is InChI=1S/C20H27N2O9P/c1-12(2)29-18(25)19(3,4)11-28-32(26)27-9-14-16(31-32)20(5,10-21)17(30-14)22-7-6-13(23)8-15(22)24/h6-7,12,14,16-17H,8-9,11H2,1-5H3/t14-,16-,17-,20-,32-/m1/s1. The minimum atomic E-state index is -4.15. The number of esters is 1. The van der Waals surface area contributed by atoms with Gasteiger partial charge in [0.1, 0.15) is 17.6 Å². The molecular weight excluding hydrogens is 443 g/mol. The summed E-state index contributed by atoms with van der Waals surface area (Å²) in [6.45, 7) is 7.55. The zero-order valence-electron chi connectivity index (χ0n) is 18.6. The van der Waals surface area contributed by atoms with E-state index in [4.69, 9.17) is 23.0 Å². The second kappa shape index (κ2) is 8.69. The first-order chi connectivity index (χ1) is 14.8. The van der Waals surface area contributed by atoms with Crippen LogP contribution in [0, 0.1) is 22.2 Å². The first-order valence-electron chi connectivity index (χ1n) is 10.2. The first-order valence-corrected chi connectivity index (χ1v) is 11.6. The molecule has 0 aromatic carbocycles. The van der Waals surface area contributed by atoms with Gasteiger partial charge < -0.3 is 9.47 Å². The van der Waals surface area contributed by atoms with Crippen molar-refractivity contribution in [2.24, 2.45) is 10.8 Å². The normalized spacial score (nSPS) is 35.0. The van der Waals surface area contributed by atoms with Gasteiger partial charge in [-0.1, -0.05) is 0 Å². The van der Waals surface area contributed by atoms with Crippen LogP contribution < -0.4 is 0 Å². The van der Waals surface area contributed by atoms with Gasteiger partial charge in [0.05, 0.1) is 37.2 Å². The molecule has 12 heteroatoms. The number of allylic oxidation sites excluding steroid dienone is 1. The Morgan fingerprint density at radius 3 is 2.72 bits per heavy atom. The van der Waals surface area contributed by atoms with Crippen LogP contribution in [0.1, 0.15) is 41.0 Å². The van der Waals surface area contributed by atoms with Crippen LogP contribution in [0.5, 0.6) is 0 Å². The zero-order valence-corrected chi connectivity index (χ0v) is 19.5. The summed E-state index contributed by atoms with van der Waals surface area (Å²) in [6, 6.07) is 2.10. The molecule has 5 atom stereocenters. The molecule has 0 saturated carbocycles. The van der Waals surface area contributed by atoms with Crippen molar-refractivity contribution < 1.29 is 42.0 Å². The molecule has 3 aliphatic heterocycles. The van der Waals surface area contributed by atoms with E-state index in [9.17, 15) is 24.2 Å². The van der Waals surface area contributed by atoms with Gasteiger partial charge >= 0.3 is 13.8 Å². The molecular formula is C20H27N2O9P. The molecule has 2 saturated heterocycles. The Morgan fingerprint density at radius 2 is 2.12 bits per heavy atom. The average molecular weight is 470 g/mol. The molecule has 1 amide bonds. The smallest absolute Gasteiger partial charge is 0.462 e. The van der Waals surface area contributed by atoms with E-state index >= 15 is 0 Å². The summed E-state index contributed by atoms with van der Waals surface area (Å²) < 4.78 is 40.5. The SMILES string of the molecule is CC(C)OC(=O)C(C)(C)CO[P@@]1(=O)OC[C@H]2O[C@@H](N3C=CC(=O)CC3=O)[C@](C)(C#N)[C@@H]2O1. The summed E-state index contributed by atoms with van der Waals surface area (Å²) in [7, 11) is -4.15. The summed E-state index contributed by atoms with van der Waals surface area (Å²) in [5.74, 6) is -1.41. The number of rotatable bonds is 6. The van der Waals surface area contributed by atoms with Crippen molar-refractivity contribution in [3.8, 4) is 6.07 Å². The quantitative estimate of drug-likeness (QED) is 0.322. The number of nitrogens with zero attached hydrogens (tertiary/aromatic N) is 2. The van der Waals surface area contributed by atoms with Gasteiger partial charge in [-0.25, -0.2) is 4.57 Å². The van der Waals surface area contributed by atoms with Gasteiger partial charge in [0.2, 0.25) is 5.91 Å². The van der Waals surface area contributed by atoms with Gasteiger partial charge in [-0.05, 0) is 40.7 Å². The fraction of sp³-hybridized carbons (Fsp3) is 0.700. The average Bonchev–Trinajstić information content (AvgIpc) is 2.98. The van der Waals surface area contributed by atoms with Gasteiger partial charge in [0.25, 0.3) is 0 Å². The van der Waals surface area contributed by atoms with Crippen molar-refractivity contribution >= 4 is 25.5 Å². The lowest BCUT2D eigenvalue weighted by Gasteiger charge is -2.36. The van der Waals surface area contributed by atoms with E-state index < -0.39 is 49.0 Å². The minimum absolute atomic E-state index is 0.211. The number of hydrogen-bond acceptors (Lipinski definition) is 10. The Hall–Kier alpha value is -2.09. The second-order valence-corrected chi connectivity index (χ2v) is 10.7. The number of carbonyl (C=O) groups is 3. The highest BCUT2D eigenvalue weighted by molar-refractivity contribution is 7.48. The number of nitriles is 1. The van der Waals surface area contributed by atoms with Crippen molar-refractivity contribution in [3.05, 3.63) is 12.3 Å². The Balaban J connectivity index is 1.75. The van der Waals surface area contributed by atoms with Gasteiger partial charge in [0, 0.05) is 6.20 Å². The topological polar surface area (TPSA) is 141 Å². The third-order valence-electron chi connectivity index (χ3n) is 5.39. The molecule has 3 rings (SSSR count). The molecule has 0 aliphatic carbocycles. The molecule has 0 aromatic rings. The number of amides is 1. The molecule has 32 heavy (non-hydrogen) atoms. The Kier molecular flexibility index (Phi) is 6.67. The Bertz CT molecular complexity index is 925. The molecule has 11 nitrogen and oxygen atoms in total. The molecule has 0 bridgehead atoms. The number of fused-ring (bicyclic) bond motifs is 1. The van der Waals surface area contributed by atoms with E-state index in [1.54, 1.807) is 27.7 Å². The van der Waals surface area contributed by atoms with Crippen LogP contribution in [0.3, 0.4) is 0 Å². The van der Waals surface area contributed by atoms with Crippen LogP contribution in [0.15, 0.2) is 12.3 Å². The predicted octanol–water partition coefficient (Wildman–Crippen LogP) is 2.07. The fourth-order valence-corrected chi connectivity index (χ4v) is 5.15. The molecule has 0 unspecified atom stereocenters. The monoisotopic (exact) mass is 470 g/mol. The van der Waals surface area contributed by atoms with E-state index in [0.717, 1.165) is 0 Å². The molecule has 176 valence electrons. The lowest BCUT2D eigenvalue weighted by atomic mass is 9.83. The number of phosphoric ester groups is 1. The summed E-state index contributed by atoms with van der Waals surface area (Å²) in [5.41, 5.74) is -2.56. The zero-order chi connectivity index (χ0) is 23.9. The van der Waals surface area contributed by atoms with E-state index in [1.165, 1.54) is 24.1 Å². The third-order valence-corrected chi connectivity index (χ3v) is 6.79. The summed E-state index contributed by atoms with van der Waals surface area (Å²) in [4.78, 5) is 37.3. The lowest BCUT2D eigenvalue weighted by molar-refractivity contribution is -0.160. The maximum Gasteiger partial charge on any atom is 0.475 e. The Morgan fingerprint density at radius 1 is 1.44 bits per heavy atom. The molecule has 2 fully saturated rings. The molecule has 0 N–H and O–H groups in total. The van der Waals surface area contributed by atoms with Gasteiger partial charge in [-0.15, -0.1) is 0 Å². The van der Waals surface area contributed by atoms with E-state index in [1.807, 2.05) is 0 Å². The number of hydrogen-bond donors (Lipinski definition) is 0. The van der Waals surface area contributed by atoms with E-state index in [2.05, 4.69) is 6.07 Å². The fourth-order valence-electron chi connectivity index (χ4n) is 3.51. The highest BCUT2D eigenvalue weighted by atomic mass is 31.2. The first kappa shape index (κ1) is 24.6. The van der Waals surface area contributed by atoms with Gasteiger partial charge in [0.15, 0.2) is 12.0 Å². The van der Waals surface area contributed by atoms with Crippen molar-refractivity contribution in [3.63, 3.8) is 0 Å². The van der Waals surface area contributed by atoms with E-state index in [0.29, 0.717) is 0 Å². The van der Waals surface area contributed by atoms with Crippen LogP contribution in [-0.2, 0) is 42.0 Å². The highest BCUT2D eigenvalue weighted by Gasteiger charge is 2.62. The Labute approximate surface area is 186 Å². The summed E-state index contributed by atoms with van der Waals surface area (Å²) in [5, 5.41) is 9.92. The van der Waals surface area contributed by atoms with E-state index in [-0.39, 0.29) is 31.5 Å².